The number of methoxy groups -OCH3 is 1. The molecule has 0 spiro atoms. The highest BCUT2D eigenvalue weighted by molar-refractivity contribution is 7.47. The molecular formula is C20H24FN7O13P2. The van der Waals surface area contributed by atoms with Crippen molar-refractivity contribution in [2.45, 2.75) is 49.1 Å². The van der Waals surface area contributed by atoms with Crippen LogP contribution in [0.4, 0.5) is 10.2 Å². The van der Waals surface area contributed by atoms with E-state index in [4.69, 9.17) is 38.0 Å². The summed E-state index contributed by atoms with van der Waals surface area (Å²) in [5.41, 5.74) is 4.39. The average molecular weight is 651 g/mol. The molecule has 2 bridgehead atoms. The lowest BCUT2D eigenvalue weighted by molar-refractivity contribution is -0.0692. The van der Waals surface area contributed by atoms with Gasteiger partial charge >= 0.3 is 21.3 Å². The molecule has 43 heavy (non-hydrogen) atoms. The lowest BCUT2D eigenvalue weighted by Gasteiger charge is -2.26. The van der Waals surface area contributed by atoms with Gasteiger partial charge < -0.3 is 29.7 Å². The average Bonchev–Trinajstić information content (AvgIpc) is 3.60. The summed E-state index contributed by atoms with van der Waals surface area (Å²) in [5, 5.41) is 0. The monoisotopic (exact) mass is 651 g/mol. The summed E-state index contributed by atoms with van der Waals surface area (Å²) in [6, 6.07) is 1.02. The van der Waals surface area contributed by atoms with Gasteiger partial charge in [0.15, 0.2) is 30.1 Å². The van der Waals surface area contributed by atoms with Crippen LogP contribution in [-0.2, 0) is 41.4 Å². The van der Waals surface area contributed by atoms with Gasteiger partial charge in [0.05, 0.1) is 19.5 Å². The van der Waals surface area contributed by atoms with Crippen molar-refractivity contribution in [3.63, 3.8) is 0 Å². The minimum atomic E-state index is -5.14. The Morgan fingerprint density at radius 2 is 1.70 bits per heavy atom. The number of hydrogen-bond donors (Lipinski definition) is 4. The first-order chi connectivity index (χ1) is 20.4. The molecule has 3 saturated heterocycles. The molecule has 20 nitrogen and oxygen atoms in total. The third-order valence-corrected chi connectivity index (χ3v) is 8.89. The standard InChI is InChI=1S/C20H24FN7O13P2/c1-35-15-13-9(39-19(15)27-3-2-10(29)26-20(27)30)5-37-43(33,34)41-14-11(21)8(4-36-42(31,32)40-13)38-18(14)28-7-25-12-16(22)23-6-24-17(12)28/h2-3,6-9,11,13-15,18-19H,4-5H2,1H3,(H,31,32)(H,33,34)(H2,22,23,24)(H,26,29,30)/t8-,9-,11-,13-,14-,15-,18-,19-/m1/s1. The molecule has 3 aliphatic rings. The molecule has 6 rings (SSSR count). The van der Waals surface area contributed by atoms with Gasteiger partial charge in [-0.3, -0.25) is 37.0 Å². The number of aromatic nitrogens is 6. The molecule has 2 unspecified atom stereocenters. The van der Waals surface area contributed by atoms with E-state index >= 15 is 4.39 Å². The Balaban J connectivity index is 1.33. The van der Waals surface area contributed by atoms with Crippen LogP contribution >= 0.6 is 15.6 Å². The van der Waals surface area contributed by atoms with Gasteiger partial charge in [-0.2, -0.15) is 0 Å². The highest BCUT2D eigenvalue weighted by atomic mass is 31.2. The van der Waals surface area contributed by atoms with Crippen LogP contribution in [0.3, 0.4) is 0 Å². The summed E-state index contributed by atoms with van der Waals surface area (Å²) >= 11 is 0. The lowest BCUT2D eigenvalue weighted by atomic mass is 10.1. The maximum atomic E-state index is 15.7. The zero-order chi connectivity index (χ0) is 30.7. The number of nitrogens with zero attached hydrogens (tertiary/aromatic N) is 5. The number of ether oxygens (including phenoxy) is 3. The number of halogens is 1. The highest BCUT2D eigenvalue weighted by Crippen LogP contribution is 2.54. The molecule has 23 heteroatoms. The largest absolute Gasteiger partial charge is 0.472 e. The van der Waals surface area contributed by atoms with E-state index in [-0.39, 0.29) is 17.0 Å². The van der Waals surface area contributed by atoms with Gasteiger partial charge in [0.2, 0.25) is 0 Å². The third kappa shape index (κ3) is 5.69. The van der Waals surface area contributed by atoms with E-state index in [2.05, 4.69) is 15.0 Å². The smallest absolute Gasteiger partial charge is 0.382 e. The van der Waals surface area contributed by atoms with Crippen LogP contribution in [0.1, 0.15) is 12.5 Å². The number of fused-ring (bicyclic) bond motifs is 4. The van der Waals surface area contributed by atoms with Crippen LogP contribution < -0.4 is 17.0 Å². The van der Waals surface area contributed by atoms with E-state index in [1.807, 2.05) is 4.98 Å². The van der Waals surface area contributed by atoms with E-state index in [0.717, 1.165) is 23.2 Å². The number of nitrogens with one attached hydrogen (secondary N) is 1. The van der Waals surface area contributed by atoms with Crippen molar-refractivity contribution in [2.75, 3.05) is 26.1 Å². The highest BCUT2D eigenvalue weighted by Gasteiger charge is 2.54. The van der Waals surface area contributed by atoms with Crippen molar-refractivity contribution in [1.82, 2.24) is 29.1 Å². The molecule has 234 valence electrons. The molecule has 3 aromatic heterocycles. The van der Waals surface area contributed by atoms with Gasteiger partial charge in [0, 0.05) is 19.4 Å². The molecule has 6 heterocycles. The van der Waals surface area contributed by atoms with E-state index in [0.29, 0.717) is 0 Å². The van der Waals surface area contributed by atoms with Crippen molar-refractivity contribution in [3.8, 4) is 0 Å². The van der Waals surface area contributed by atoms with E-state index < -0.39 is 89.3 Å². The maximum Gasteiger partial charge on any atom is 0.472 e. The van der Waals surface area contributed by atoms with Crippen molar-refractivity contribution < 1.29 is 55.6 Å². The van der Waals surface area contributed by atoms with Crippen LogP contribution in [-0.4, -0.2) is 95.9 Å². The molecule has 3 aromatic rings. The predicted octanol–water partition coefficient (Wildman–Crippen LogP) is -0.875. The zero-order valence-corrected chi connectivity index (χ0v) is 23.6. The number of H-pyrrole nitrogens is 1. The molecule has 0 radical (unpaired) electrons. The Morgan fingerprint density at radius 3 is 2.40 bits per heavy atom. The molecule has 0 saturated carbocycles. The quantitative estimate of drug-likeness (QED) is 0.251. The van der Waals surface area contributed by atoms with E-state index in [9.17, 15) is 28.5 Å². The second kappa shape index (κ2) is 11.2. The van der Waals surface area contributed by atoms with Crippen LogP contribution in [0.5, 0.6) is 0 Å². The number of imidazole rings is 1. The van der Waals surface area contributed by atoms with Crippen molar-refractivity contribution in [3.05, 3.63) is 45.8 Å². The zero-order valence-electron chi connectivity index (χ0n) is 21.8. The Bertz CT molecular complexity index is 1740. The Morgan fingerprint density at radius 1 is 1.02 bits per heavy atom. The fourth-order valence-electron chi connectivity index (χ4n) is 5.00. The van der Waals surface area contributed by atoms with Crippen LogP contribution in [0.2, 0.25) is 0 Å². The van der Waals surface area contributed by atoms with Gasteiger partial charge in [-0.1, -0.05) is 0 Å². The second-order valence-corrected chi connectivity index (χ2v) is 12.4. The first kappa shape index (κ1) is 30.1. The Kier molecular flexibility index (Phi) is 7.84. The number of rotatable bonds is 3. The maximum absolute atomic E-state index is 15.7. The molecule has 3 aliphatic heterocycles. The summed E-state index contributed by atoms with van der Waals surface area (Å²) in [6.45, 7) is -1.73. The number of anilines is 1. The molecule has 0 amide bonds. The number of hydrogen-bond acceptors (Lipinski definition) is 15. The predicted molar refractivity (Wildman–Crippen MR) is 136 cm³/mol. The number of alkyl halides is 1. The van der Waals surface area contributed by atoms with Gasteiger partial charge in [-0.15, -0.1) is 0 Å². The molecule has 10 atom stereocenters. The fraction of sp³-hybridized carbons (Fsp3) is 0.550. The second-order valence-electron chi connectivity index (χ2n) is 9.54. The Labute approximate surface area is 238 Å². The summed E-state index contributed by atoms with van der Waals surface area (Å²) in [6.07, 6.45) is -9.52. The molecular weight excluding hydrogens is 627 g/mol. The Hall–Kier alpha value is -2.94. The first-order valence-corrected chi connectivity index (χ1v) is 15.4. The topological polar surface area (TPSA) is 264 Å². The van der Waals surface area contributed by atoms with Gasteiger partial charge in [0.1, 0.15) is 42.4 Å². The molecule has 3 fully saturated rings. The van der Waals surface area contributed by atoms with Gasteiger partial charge in [-0.05, 0) is 0 Å². The van der Waals surface area contributed by atoms with Crippen LogP contribution in [0.15, 0.2) is 34.5 Å². The summed E-state index contributed by atoms with van der Waals surface area (Å²) < 4.78 is 81.4. The van der Waals surface area contributed by atoms with E-state index in [1.54, 1.807) is 0 Å². The molecule has 0 aromatic carbocycles. The van der Waals surface area contributed by atoms with E-state index in [1.165, 1.54) is 18.0 Å². The van der Waals surface area contributed by atoms with Crippen molar-refractivity contribution in [2.24, 2.45) is 0 Å². The summed E-state index contributed by atoms with van der Waals surface area (Å²) in [5.74, 6) is -0.00419. The summed E-state index contributed by atoms with van der Waals surface area (Å²) in [7, 11) is -9.03. The number of phosphoric acid groups is 2. The summed E-state index contributed by atoms with van der Waals surface area (Å²) in [4.78, 5) is 59.1. The molecule has 5 N–H and O–H groups in total. The van der Waals surface area contributed by atoms with Crippen LogP contribution in [0.25, 0.3) is 11.2 Å². The number of phosphoric ester groups is 2. The lowest BCUT2D eigenvalue weighted by Crippen LogP contribution is -2.40. The first-order valence-electron chi connectivity index (χ1n) is 12.4. The van der Waals surface area contributed by atoms with Crippen molar-refractivity contribution in [1.29, 1.82) is 0 Å². The minimum Gasteiger partial charge on any atom is -0.382 e. The van der Waals surface area contributed by atoms with Gasteiger partial charge in [0.25, 0.3) is 5.56 Å². The number of nitrogen functional groups attached to an aromatic ring is 1. The van der Waals surface area contributed by atoms with Gasteiger partial charge in [-0.25, -0.2) is 33.3 Å². The minimum absolute atomic E-state index is 0.00419. The van der Waals surface area contributed by atoms with Crippen LogP contribution in [0, 0.1) is 0 Å². The third-order valence-electron chi connectivity index (χ3n) is 6.92. The molecule has 0 aliphatic carbocycles. The fourth-order valence-corrected chi connectivity index (χ4v) is 6.88. The van der Waals surface area contributed by atoms with Crippen molar-refractivity contribution >= 4 is 32.6 Å². The number of aromatic amines is 1. The number of nitrogens with two attached hydrogens (primary N) is 1. The normalized spacial score (nSPS) is 38.7. The SMILES string of the molecule is CO[C@@H]1[C@@H]2OP(=O)(O)OC[C@H]3O[C@@H](n4cnc5c(N)ncnc54)[C@H](OP(=O)(O)OC[C@H]2O[C@H]1n1ccc(=O)[nH]c1=O)[C@@H]3F.